The van der Waals surface area contributed by atoms with Gasteiger partial charge in [0.15, 0.2) is 0 Å². The Morgan fingerprint density at radius 3 is 2.49 bits per heavy atom. The summed E-state index contributed by atoms with van der Waals surface area (Å²) in [4.78, 5) is 26.8. The van der Waals surface area contributed by atoms with Gasteiger partial charge >= 0.3 is 0 Å². The summed E-state index contributed by atoms with van der Waals surface area (Å²) in [6.45, 7) is 6.34. The Labute approximate surface area is 205 Å². The van der Waals surface area contributed by atoms with E-state index >= 15 is 0 Å². The van der Waals surface area contributed by atoms with E-state index in [1.54, 1.807) is 6.20 Å². The van der Waals surface area contributed by atoms with E-state index in [0.29, 0.717) is 47.1 Å². The second-order valence-corrected chi connectivity index (χ2v) is 9.83. The number of rotatable bonds is 5. The van der Waals surface area contributed by atoms with Gasteiger partial charge < -0.3 is 15.1 Å². The summed E-state index contributed by atoms with van der Waals surface area (Å²) in [5, 5.41) is 19.2. The van der Waals surface area contributed by atoms with Gasteiger partial charge in [0.25, 0.3) is 5.56 Å². The molecule has 4 heterocycles. The molecule has 182 valence electrons. The highest BCUT2D eigenvalue weighted by Gasteiger charge is 2.28. The van der Waals surface area contributed by atoms with Crippen LogP contribution in [-0.2, 0) is 0 Å². The first kappa shape index (κ1) is 23.1. The minimum atomic E-state index is -0.312. The fourth-order valence-electron chi connectivity index (χ4n) is 5.43. The molecule has 0 spiro atoms. The highest BCUT2D eigenvalue weighted by Crippen LogP contribution is 2.31. The van der Waals surface area contributed by atoms with Gasteiger partial charge in [-0.2, -0.15) is 15.3 Å². The lowest BCUT2D eigenvalue weighted by atomic mass is 9.94. The minimum absolute atomic E-state index is 0.312. The van der Waals surface area contributed by atoms with Gasteiger partial charge in [-0.15, -0.1) is 0 Å². The third-order valence-electron chi connectivity index (χ3n) is 7.42. The van der Waals surface area contributed by atoms with Crippen LogP contribution in [0.3, 0.4) is 0 Å². The van der Waals surface area contributed by atoms with Crippen LogP contribution in [-0.4, -0.2) is 45.3 Å². The molecule has 2 aliphatic rings. The van der Waals surface area contributed by atoms with Crippen molar-refractivity contribution >= 4 is 34.0 Å². The van der Waals surface area contributed by atoms with Gasteiger partial charge in [0.1, 0.15) is 16.7 Å². The third kappa shape index (κ3) is 4.78. The highest BCUT2D eigenvalue weighted by atomic mass is 16.1. The number of anilines is 4. The van der Waals surface area contributed by atoms with Crippen LogP contribution in [0.25, 0.3) is 10.9 Å². The molecule has 0 bridgehead atoms. The van der Waals surface area contributed by atoms with Gasteiger partial charge in [0.05, 0.1) is 12.3 Å². The van der Waals surface area contributed by atoms with Crippen LogP contribution in [0.1, 0.15) is 52.4 Å². The molecule has 2 unspecified atom stereocenters. The average molecular weight is 473 g/mol. The molecule has 2 fully saturated rings. The Kier molecular flexibility index (Phi) is 6.53. The summed E-state index contributed by atoms with van der Waals surface area (Å²) in [5.41, 5.74) is 2.24. The minimum Gasteiger partial charge on any atom is -0.372 e. The van der Waals surface area contributed by atoms with Gasteiger partial charge in [-0.25, -0.2) is 10.1 Å². The summed E-state index contributed by atoms with van der Waals surface area (Å²) < 4.78 is 0. The van der Waals surface area contributed by atoms with Crippen LogP contribution in [0.5, 0.6) is 0 Å². The van der Waals surface area contributed by atoms with E-state index in [1.807, 2.05) is 12.1 Å². The lowest BCUT2D eigenvalue weighted by Gasteiger charge is -2.39. The fourth-order valence-corrected chi connectivity index (χ4v) is 5.43. The maximum atomic E-state index is 12.7. The molecule has 5 rings (SSSR count). The quantitative estimate of drug-likeness (QED) is 0.563. The van der Waals surface area contributed by atoms with Crippen LogP contribution < -0.4 is 20.7 Å². The van der Waals surface area contributed by atoms with E-state index in [4.69, 9.17) is 15.2 Å². The molecule has 9 nitrogen and oxygen atoms in total. The van der Waals surface area contributed by atoms with Crippen molar-refractivity contribution in [1.82, 2.24) is 20.2 Å². The van der Waals surface area contributed by atoms with E-state index in [2.05, 4.69) is 57.4 Å². The van der Waals surface area contributed by atoms with Crippen molar-refractivity contribution < 1.29 is 0 Å². The van der Waals surface area contributed by atoms with Crippen LogP contribution in [0, 0.1) is 17.2 Å². The number of hydrogen-bond donors (Lipinski definition) is 2. The zero-order valence-corrected chi connectivity index (χ0v) is 20.4. The molecular weight excluding hydrogens is 440 g/mol. The number of nitrogens with zero attached hydrogens (tertiary/aromatic N) is 6. The van der Waals surface area contributed by atoms with E-state index in [0.717, 1.165) is 50.1 Å². The molecule has 2 aliphatic heterocycles. The van der Waals surface area contributed by atoms with E-state index in [1.165, 1.54) is 6.42 Å². The summed E-state index contributed by atoms with van der Waals surface area (Å²) in [5.74, 6) is 1.63. The fraction of sp³-hybridized carbons (Fsp3) is 0.500. The Morgan fingerprint density at radius 1 is 1.09 bits per heavy atom. The first-order valence-electron chi connectivity index (χ1n) is 12.6. The van der Waals surface area contributed by atoms with Crippen LogP contribution in [0.2, 0.25) is 0 Å². The van der Waals surface area contributed by atoms with Gasteiger partial charge in [0, 0.05) is 43.0 Å². The van der Waals surface area contributed by atoms with Crippen LogP contribution in [0.4, 0.5) is 23.1 Å². The zero-order chi connectivity index (χ0) is 24.4. The average Bonchev–Trinajstić information content (AvgIpc) is 2.85. The summed E-state index contributed by atoms with van der Waals surface area (Å²) in [7, 11) is 0. The molecule has 0 saturated carbocycles. The Hall–Kier alpha value is -3.67. The number of piperidine rings is 2. The second kappa shape index (κ2) is 9.90. The monoisotopic (exact) mass is 472 g/mol. The zero-order valence-electron chi connectivity index (χ0n) is 20.4. The Balaban J connectivity index is 1.42. The number of aromatic amines is 1. The van der Waals surface area contributed by atoms with Crippen molar-refractivity contribution in [3.05, 3.63) is 40.8 Å². The van der Waals surface area contributed by atoms with Crippen molar-refractivity contribution in [2.75, 3.05) is 28.2 Å². The largest absolute Gasteiger partial charge is 0.372 e. The molecule has 2 saturated heterocycles. The SMILES string of the molecule is CC1CCCC(C)N1c1nc(Nc2ccc(N3CCC(CC#N)CC3)cc2)c2c(=O)[nH]ncc2n1. The molecule has 2 aromatic heterocycles. The topological polar surface area (TPSA) is 114 Å². The van der Waals surface area contributed by atoms with E-state index in [-0.39, 0.29) is 5.56 Å². The molecule has 35 heavy (non-hydrogen) atoms. The standard InChI is InChI=1S/C26H32N8O/c1-17-4-3-5-18(2)34(17)26-30-22-16-28-32-25(35)23(22)24(31-26)29-20-6-8-21(9-7-20)33-14-11-19(10-13-27)12-15-33/h6-9,16-19H,3-5,10-12,14-15H2,1-2H3,(H,32,35)(H,29,30,31). The number of aromatic nitrogens is 4. The molecule has 0 radical (unpaired) electrons. The molecule has 1 aromatic carbocycles. The number of benzene rings is 1. The molecule has 3 aromatic rings. The van der Waals surface area contributed by atoms with Gasteiger partial charge in [-0.3, -0.25) is 4.79 Å². The van der Waals surface area contributed by atoms with E-state index in [9.17, 15) is 4.79 Å². The maximum absolute atomic E-state index is 12.7. The molecule has 0 aliphatic carbocycles. The maximum Gasteiger partial charge on any atom is 0.277 e. The van der Waals surface area contributed by atoms with E-state index < -0.39 is 0 Å². The number of hydrogen-bond acceptors (Lipinski definition) is 8. The summed E-state index contributed by atoms with van der Waals surface area (Å²) >= 11 is 0. The van der Waals surface area contributed by atoms with Crippen molar-refractivity contribution in [1.29, 1.82) is 5.26 Å². The molecule has 9 heteroatoms. The smallest absolute Gasteiger partial charge is 0.277 e. The molecule has 2 N–H and O–H groups in total. The lowest BCUT2D eigenvalue weighted by molar-refractivity contribution is 0.408. The molecule has 0 amide bonds. The second-order valence-electron chi connectivity index (χ2n) is 9.83. The van der Waals surface area contributed by atoms with Crippen LogP contribution in [0.15, 0.2) is 35.3 Å². The summed E-state index contributed by atoms with van der Waals surface area (Å²) in [6.07, 6.45) is 7.72. The van der Waals surface area contributed by atoms with Gasteiger partial charge in [-0.1, -0.05) is 0 Å². The van der Waals surface area contributed by atoms with Crippen molar-refractivity contribution in [3.63, 3.8) is 0 Å². The highest BCUT2D eigenvalue weighted by molar-refractivity contribution is 5.90. The van der Waals surface area contributed by atoms with Crippen molar-refractivity contribution in [3.8, 4) is 6.07 Å². The van der Waals surface area contributed by atoms with Crippen molar-refractivity contribution in [2.24, 2.45) is 5.92 Å². The third-order valence-corrected chi connectivity index (χ3v) is 7.42. The lowest BCUT2D eigenvalue weighted by Crippen LogP contribution is -2.44. The number of H-pyrrole nitrogens is 1. The Morgan fingerprint density at radius 2 is 1.80 bits per heavy atom. The summed E-state index contributed by atoms with van der Waals surface area (Å²) in [6, 6.07) is 11.2. The van der Waals surface area contributed by atoms with Gasteiger partial charge in [0.2, 0.25) is 5.95 Å². The van der Waals surface area contributed by atoms with Crippen molar-refractivity contribution in [2.45, 2.75) is 64.5 Å². The number of nitrogens with one attached hydrogen (secondary N) is 2. The normalized spacial score (nSPS) is 21.2. The van der Waals surface area contributed by atoms with Gasteiger partial charge in [-0.05, 0) is 76.1 Å². The first-order valence-corrected chi connectivity index (χ1v) is 12.6. The van der Waals surface area contributed by atoms with Crippen LogP contribution >= 0.6 is 0 Å². The molecular formula is C26H32N8O. The number of nitriles is 1. The predicted molar refractivity (Wildman–Crippen MR) is 138 cm³/mol. The Bertz CT molecular complexity index is 1260. The predicted octanol–water partition coefficient (Wildman–Crippen LogP) is 4.35. The molecule has 2 atom stereocenters. The number of fused-ring (bicyclic) bond motifs is 1. The first-order chi connectivity index (χ1) is 17.0.